The molecule has 7 nitrogen and oxygen atoms in total. The fourth-order valence-electron chi connectivity index (χ4n) is 2.36. The molecule has 1 aromatic carbocycles. The monoisotopic (exact) mass is 403 g/mol. The second kappa shape index (κ2) is 8.36. The molecule has 0 aliphatic rings. The molecule has 3 aromatic rings. The van der Waals surface area contributed by atoms with Crippen LogP contribution in [0.2, 0.25) is 0 Å². The summed E-state index contributed by atoms with van der Waals surface area (Å²) < 4.78 is 5.64. The number of aromatic nitrogens is 2. The van der Waals surface area contributed by atoms with Crippen LogP contribution in [-0.2, 0) is 4.79 Å². The molecule has 27 heavy (non-hydrogen) atoms. The molecule has 3 rings (SSSR count). The van der Waals surface area contributed by atoms with Crippen molar-refractivity contribution in [2.45, 2.75) is 27.2 Å². The number of amides is 1. The van der Waals surface area contributed by atoms with Gasteiger partial charge in [-0.2, -0.15) is 0 Å². The molecule has 142 valence electrons. The minimum absolute atomic E-state index is 0.0530. The lowest BCUT2D eigenvalue weighted by Crippen LogP contribution is -2.08. The zero-order valence-electron chi connectivity index (χ0n) is 15.3. The molecule has 1 amide bonds. The summed E-state index contributed by atoms with van der Waals surface area (Å²) in [6, 6.07) is 5.48. The lowest BCUT2D eigenvalue weighted by atomic mass is 10.2. The van der Waals surface area contributed by atoms with Gasteiger partial charge in [0.25, 0.3) is 0 Å². The Morgan fingerprint density at radius 1 is 1.26 bits per heavy atom. The van der Waals surface area contributed by atoms with Crippen molar-refractivity contribution in [3.05, 3.63) is 29.3 Å². The number of ether oxygens (including phenoxy) is 1. The van der Waals surface area contributed by atoms with Gasteiger partial charge in [-0.25, -0.2) is 9.97 Å². The fourth-order valence-corrected chi connectivity index (χ4v) is 4.09. The summed E-state index contributed by atoms with van der Waals surface area (Å²) in [6.45, 7) is 6.19. The highest BCUT2D eigenvalue weighted by Gasteiger charge is 2.15. The van der Waals surface area contributed by atoms with Crippen LogP contribution in [0.1, 0.15) is 26.0 Å². The predicted molar refractivity (Wildman–Crippen MR) is 112 cm³/mol. The van der Waals surface area contributed by atoms with Crippen molar-refractivity contribution < 1.29 is 9.53 Å². The smallest absolute Gasteiger partial charge is 0.225 e. The number of carbonyl (C=O) groups is 1. The predicted octanol–water partition coefficient (Wildman–Crippen LogP) is 4.65. The zero-order chi connectivity index (χ0) is 19.4. The lowest BCUT2D eigenvalue weighted by Gasteiger charge is -2.11. The minimum atomic E-state index is -0.0530. The number of anilines is 4. The molecule has 2 heterocycles. The average molecular weight is 404 g/mol. The van der Waals surface area contributed by atoms with Crippen LogP contribution in [0.15, 0.2) is 23.6 Å². The summed E-state index contributed by atoms with van der Waals surface area (Å²) in [7, 11) is 0. The fraction of sp³-hybridized carbons (Fsp3) is 0.278. The average Bonchev–Trinajstić information content (AvgIpc) is 3.23. The Bertz CT molecular complexity index is 951. The molecule has 0 atom stereocenters. The van der Waals surface area contributed by atoms with Crippen molar-refractivity contribution in [3.8, 4) is 16.3 Å². The van der Waals surface area contributed by atoms with Crippen molar-refractivity contribution in [2.24, 2.45) is 0 Å². The Labute approximate surface area is 165 Å². The molecule has 9 heteroatoms. The minimum Gasteiger partial charge on any atom is -0.492 e. The third-order valence-electron chi connectivity index (χ3n) is 3.65. The first kappa shape index (κ1) is 19.1. The maximum Gasteiger partial charge on any atom is 0.225 e. The quantitative estimate of drug-likeness (QED) is 0.496. The highest BCUT2D eigenvalue weighted by Crippen LogP contribution is 2.36. The molecule has 2 aromatic heterocycles. The van der Waals surface area contributed by atoms with E-state index in [-0.39, 0.29) is 5.91 Å². The van der Waals surface area contributed by atoms with E-state index < -0.39 is 0 Å². The van der Waals surface area contributed by atoms with Crippen LogP contribution in [-0.4, -0.2) is 22.5 Å². The maximum absolute atomic E-state index is 11.6. The molecule has 0 fully saturated rings. The van der Waals surface area contributed by atoms with E-state index in [1.165, 1.54) is 22.7 Å². The lowest BCUT2D eigenvalue weighted by molar-refractivity contribution is -0.115. The normalized spacial score (nSPS) is 10.6. The highest BCUT2D eigenvalue weighted by molar-refractivity contribution is 7.20. The van der Waals surface area contributed by atoms with E-state index in [2.05, 4.69) is 20.6 Å². The number of nitrogens with one attached hydrogen (secondary N) is 2. The standard InChI is InChI=1S/C18H21N5O2S2/c1-4-15(24)23-18-20-10(3)16(27-18)13-9-26-17(22-13)21-12-7-6-11(19)8-14(12)25-5-2/h6-9H,4-5,19H2,1-3H3,(H,21,22)(H,20,23,24). The van der Waals surface area contributed by atoms with Gasteiger partial charge in [-0.05, 0) is 26.0 Å². The molecule has 0 saturated carbocycles. The first-order valence-corrected chi connectivity index (χ1v) is 10.2. The maximum atomic E-state index is 11.6. The van der Waals surface area contributed by atoms with Gasteiger partial charge in [0.15, 0.2) is 10.3 Å². The Kier molecular flexibility index (Phi) is 5.92. The van der Waals surface area contributed by atoms with Gasteiger partial charge in [0, 0.05) is 23.6 Å². The summed E-state index contributed by atoms with van der Waals surface area (Å²) >= 11 is 2.91. The largest absolute Gasteiger partial charge is 0.492 e. The van der Waals surface area contributed by atoms with Crippen molar-refractivity contribution in [1.82, 2.24) is 9.97 Å². The van der Waals surface area contributed by atoms with Gasteiger partial charge in [0.1, 0.15) is 5.75 Å². The number of hydrogen-bond acceptors (Lipinski definition) is 8. The molecule has 0 unspecified atom stereocenters. The van der Waals surface area contributed by atoms with Crippen LogP contribution in [0.5, 0.6) is 5.75 Å². The summed E-state index contributed by atoms with van der Waals surface area (Å²) in [6.07, 6.45) is 0.419. The molecular formula is C18H21N5O2S2. The van der Waals surface area contributed by atoms with Gasteiger partial charge in [0.2, 0.25) is 5.91 Å². The van der Waals surface area contributed by atoms with E-state index in [1.54, 1.807) is 6.07 Å². The van der Waals surface area contributed by atoms with Crippen molar-refractivity contribution in [1.29, 1.82) is 0 Å². The van der Waals surface area contributed by atoms with Crippen LogP contribution in [0.3, 0.4) is 0 Å². The van der Waals surface area contributed by atoms with Gasteiger partial charge >= 0.3 is 0 Å². The molecule has 0 aliphatic carbocycles. The Balaban J connectivity index is 1.81. The number of nitrogens with two attached hydrogens (primary N) is 1. The Morgan fingerprint density at radius 3 is 2.81 bits per heavy atom. The van der Waals surface area contributed by atoms with Gasteiger partial charge in [-0.15, -0.1) is 11.3 Å². The highest BCUT2D eigenvalue weighted by atomic mass is 32.1. The molecular weight excluding hydrogens is 382 g/mol. The number of rotatable bonds is 7. The van der Waals surface area contributed by atoms with Crippen LogP contribution in [0.4, 0.5) is 21.6 Å². The molecule has 0 radical (unpaired) electrons. The van der Waals surface area contributed by atoms with Crippen LogP contribution in [0.25, 0.3) is 10.6 Å². The number of aryl methyl sites for hydroxylation is 1. The van der Waals surface area contributed by atoms with E-state index in [0.29, 0.717) is 29.6 Å². The topological polar surface area (TPSA) is 102 Å². The summed E-state index contributed by atoms with van der Waals surface area (Å²) in [5, 5.41) is 9.37. The van der Waals surface area contributed by atoms with E-state index in [0.717, 1.165) is 27.1 Å². The van der Waals surface area contributed by atoms with E-state index in [4.69, 9.17) is 10.5 Å². The number of nitrogen functional groups attached to an aromatic ring is 1. The van der Waals surface area contributed by atoms with Crippen LogP contribution >= 0.6 is 22.7 Å². The summed E-state index contributed by atoms with van der Waals surface area (Å²) in [4.78, 5) is 21.6. The van der Waals surface area contributed by atoms with E-state index in [9.17, 15) is 4.79 Å². The van der Waals surface area contributed by atoms with Crippen molar-refractivity contribution in [2.75, 3.05) is 23.0 Å². The number of nitrogens with zero attached hydrogens (tertiary/aromatic N) is 2. The van der Waals surface area contributed by atoms with Gasteiger partial charge in [-0.1, -0.05) is 18.3 Å². The molecule has 0 spiro atoms. The Morgan fingerprint density at radius 2 is 2.07 bits per heavy atom. The number of hydrogen-bond donors (Lipinski definition) is 3. The first-order chi connectivity index (χ1) is 13.0. The third kappa shape index (κ3) is 4.55. The van der Waals surface area contributed by atoms with Gasteiger partial charge in [0.05, 0.1) is 28.6 Å². The van der Waals surface area contributed by atoms with Gasteiger partial charge < -0.3 is 21.1 Å². The first-order valence-electron chi connectivity index (χ1n) is 8.52. The number of thiazole rings is 2. The van der Waals surface area contributed by atoms with Crippen molar-refractivity contribution in [3.63, 3.8) is 0 Å². The molecule has 0 aliphatic heterocycles. The van der Waals surface area contributed by atoms with E-state index in [1.807, 2.05) is 38.3 Å². The Hall–Kier alpha value is -2.65. The van der Waals surface area contributed by atoms with Gasteiger partial charge in [-0.3, -0.25) is 4.79 Å². The summed E-state index contributed by atoms with van der Waals surface area (Å²) in [5.41, 5.74) is 8.95. The SMILES string of the molecule is CCOc1cc(N)ccc1Nc1nc(-c2sc(NC(=O)CC)nc2C)cs1. The molecule has 0 bridgehead atoms. The summed E-state index contributed by atoms with van der Waals surface area (Å²) in [5.74, 6) is 0.635. The molecule has 0 saturated heterocycles. The number of benzene rings is 1. The van der Waals surface area contributed by atoms with Crippen LogP contribution < -0.4 is 21.1 Å². The molecule has 4 N–H and O–H groups in total. The zero-order valence-corrected chi connectivity index (χ0v) is 17.0. The van der Waals surface area contributed by atoms with Crippen molar-refractivity contribution >= 4 is 50.2 Å². The third-order valence-corrected chi connectivity index (χ3v) is 5.50. The van der Waals surface area contributed by atoms with E-state index >= 15 is 0 Å². The number of carbonyl (C=O) groups excluding carboxylic acids is 1. The second-order valence-electron chi connectivity index (χ2n) is 5.69. The van der Waals surface area contributed by atoms with Crippen LogP contribution in [0, 0.1) is 6.92 Å². The second-order valence-corrected chi connectivity index (χ2v) is 7.54.